The number of unbranched alkanes of at least 4 members (excludes halogenated alkanes) is 1. The normalized spacial score (nSPS) is 12.7. The van der Waals surface area contributed by atoms with E-state index in [1.54, 1.807) is 22.7 Å². The summed E-state index contributed by atoms with van der Waals surface area (Å²) in [6.07, 6.45) is 2.03. The lowest BCUT2D eigenvalue weighted by molar-refractivity contribution is 0.0793. The number of amides is 2. The molecule has 0 aliphatic carbocycles. The van der Waals surface area contributed by atoms with Gasteiger partial charge in [-0.3, -0.25) is 9.59 Å². The number of carbonyl (C=O) groups is 2. The molecule has 1 aliphatic rings. The molecule has 3 rings (SSSR count). The van der Waals surface area contributed by atoms with Crippen LogP contribution in [0, 0.1) is 0 Å². The first-order valence-corrected chi connectivity index (χ1v) is 8.89. The summed E-state index contributed by atoms with van der Waals surface area (Å²) < 4.78 is 0. The van der Waals surface area contributed by atoms with Crippen LogP contribution in [0.2, 0.25) is 0 Å². The fourth-order valence-corrected chi connectivity index (χ4v) is 3.63. The minimum atomic E-state index is -0.138. The third kappa shape index (κ3) is 3.31. The molecule has 124 valence electrons. The first-order valence-electron chi connectivity index (χ1n) is 8.08. The van der Waals surface area contributed by atoms with Crippen molar-refractivity contribution >= 4 is 29.3 Å². The van der Waals surface area contributed by atoms with Crippen LogP contribution in [0.3, 0.4) is 0 Å². The Balaban J connectivity index is 1.89. The van der Waals surface area contributed by atoms with Crippen LogP contribution in [-0.2, 0) is 0 Å². The summed E-state index contributed by atoms with van der Waals surface area (Å²) in [6, 6.07) is 13.0. The van der Waals surface area contributed by atoms with E-state index >= 15 is 0 Å². The summed E-state index contributed by atoms with van der Waals surface area (Å²) in [7, 11) is 1.81. The predicted molar refractivity (Wildman–Crippen MR) is 96.8 cm³/mol. The Hall–Kier alpha value is -2.27. The SMILES string of the molecule is CCCCN(C)C(=O)c1ccc2c(c1)NC(=O)c1ccccc1S2. The predicted octanol–water partition coefficient (Wildman–Crippen LogP) is 4.28. The average molecular weight is 340 g/mol. The Labute approximate surface area is 146 Å². The van der Waals surface area contributed by atoms with E-state index in [2.05, 4.69) is 12.2 Å². The minimum Gasteiger partial charge on any atom is -0.342 e. The Kier molecular flexibility index (Phi) is 4.90. The fraction of sp³-hybridized carbons (Fsp3) is 0.263. The number of hydrogen-bond donors (Lipinski definition) is 1. The molecule has 24 heavy (non-hydrogen) atoms. The minimum absolute atomic E-state index is 0.0211. The van der Waals surface area contributed by atoms with Crippen molar-refractivity contribution in [3.05, 3.63) is 53.6 Å². The van der Waals surface area contributed by atoms with Gasteiger partial charge in [0, 0.05) is 28.9 Å². The molecule has 0 aromatic heterocycles. The molecule has 0 radical (unpaired) electrons. The highest BCUT2D eigenvalue weighted by atomic mass is 32.2. The van der Waals surface area contributed by atoms with Crippen molar-refractivity contribution in [3.8, 4) is 0 Å². The quantitative estimate of drug-likeness (QED) is 0.904. The monoisotopic (exact) mass is 340 g/mol. The number of hydrogen-bond acceptors (Lipinski definition) is 3. The highest BCUT2D eigenvalue weighted by Crippen LogP contribution is 2.39. The van der Waals surface area contributed by atoms with Gasteiger partial charge in [-0.1, -0.05) is 37.2 Å². The van der Waals surface area contributed by atoms with Crippen LogP contribution >= 0.6 is 11.8 Å². The van der Waals surface area contributed by atoms with Gasteiger partial charge in [-0.25, -0.2) is 0 Å². The lowest BCUT2D eigenvalue weighted by Crippen LogP contribution is -2.27. The molecule has 1 N–H and O–H groups in total. The maximum atomic E-state index is 12.5. The van der Waals surface area contributed by atoms with Gasteiger partial charge in [0.2, 0.25) is 0 Å². The van der Waals surface area contributed by atoms with Gasteiger partial charge in [0.05, 0.1) is 11.3 Å². The van der Waals surface area contributed by atoms with Crippen LogP contribution < -0.4 is 5.32 Å². The molecule has 0 fully saturated rings. The summed E-state index contributed by atoms with van der Waals surface area (Å²) in [5, 5.41) is 2.93. The standard InChI is InChI=1S/C19H20N2O2S/c1-3-4-11-21(2)19(23)13-9-10-17-15(12-13)20-18(22)14-7-5-6-8-16(14)24-17/h5-10,12H,3-4,11H2,1-2H3,(H,20,22). The Bertz CT molecular complexity index is 789. The van der Waals surface area contributed by atoms with Gasteiger partial charge >= 0.3 is 0 Å². The van der Waals surface area contributed by atoms with Crippen molar-refractivity contribution in [2.45, 2.75) is 29.6 Å². The van der Waals surface area contributed by atoms with Crippen LogP contribution in [0.5, 0.6) is 0 Å². The van der Waals surface area contributed by atoms with Crippen molar-refractivity contribution in [2.75, 3.05) is 18.9 Å². The summed E-state index contributed by atoms with van der Waals surface area (Å²) >= 11 is 1.54. The van der Waals surface area contributed by atoms with E-state index in [-0.39, 0.29) is 11.8 Å². The Morgan fingerprint density at radius 1 is 1.17 bits per heavy atom. The zero-order valence-corrected chi connectivity index (χ0v) is 14.7. The maximum Gasteiger partial charge on any atom is 0.256 e. The summed E-state index contributed by atoms with van der Waals surface area (Å²) in [6.45, 7) is 2.84. The number of rotatable bonds is 4. The van der Waals surface area contributed by atoms with Gasteiger partial charge in [-0.15, -0.1) is 0 Å². The number of anilines is 1. The van der Waals surface area contributed by atoms with E-state index in [0.29, 0.717) is 16.8 Å². The van der Waals surface area contributed by atoms with Gasteiger partial charge in [0.1, 0.15) is 0 Å². The zero-order chi connectivity index (χ0) is 17.1. The molecular weight excluding hydrogens is 320 g/mol. The second-order valence-electron chi connectivity index (χ2n) is 5.84. The van der Waals surface area contributed by atoms with Crippen LogP contribution in [-0.4, -0.2) is 30.3 Å². The summed E-state index contributed by atoms with van der Waals surface area (Å²) in [5.41, 5.74) is 1.95. The molecule has 0 atom stereocenters. The number of carbonyl (C=O) groups excluding carboxylic acids is 2. The zero-order valence-electron chi connectivity index (χ0n) is 13.8. The molecule has 0 spiro atoms. The Morgan fingerprint density at radius 2 is 1.96 bits per heavy atom. The van der Waals surface area contributed by atoms with E-state index in [0.717, 1.165) is 29.2 Å². The van der Waals surface area contributed by atoms with Gasteiger partial charge in [0.25, 0.3) is 11.8 Å². The molecule has 5 heteroatoms. The molecule has 1 heterocycles. The molecule has 1 aliphatic heterocycles. The van der Waals surface area contributed by atoms with Crippen LogP contribution in [0.25, 0.3) is 0 Å². The van der Waals surface area contributed by atoms with E-state index in [1.165, 1.54) is 0 Å². The van der Waals surface area contributed by atoms with Crippen molar-refractivity contribution < 1.29 is 9.59 Å². The molecule has 0 saturated heterocycles. The van der Waals surface area contributed by atoms with Crippen LogP contribution in [0.15, 0.2) is 52.3 Å². The first kappa shape index (κ1) is 16.6. The van der Waals surface area contributed by atoms with Crippen molar-refractivity contribution in [3.63, 3.8) is 0 Å². The van der Waals surface area contributed by atoms with Gasteiger partial charge < -0.3 is 10.2 Å². The molecule has 2 amide bonds. The van der Waals surface area contributed by atoms with Crippen molar-refractivity contribution in [2.24, 2.45) is 0 Å². The van der Waals surface area contributed by atoms with E-state index in [9.17, 15) is 9.59 Å². The number of fused-ring (bicyclic) bond motifs is 2. The molecule has 2 aromatic carbocycles. The van der Waals surface area contributed by atoms with E-state index in [4.69, 9.17) is 0 Å². The average Bonchev–Trinajstić information content (AvgIpc) is 2.74. The molecule has 0 saturated carbocycles. The van der Waals surface area contributed by atoms with E-state index < -0.39 is 0 Å². The van der Waals surface area contributed by atoms with Crippen molar-refractivity contribution in [1.82, 2.24) is 4.90 Å². The number of nitrogens with one attached hydrogen (secondary N) is 1. The third-order valence-electron chi connectivity index (χ3n) is 4.02. The van der Waals surface area contributed by atoms with E-state index in [1.807, 2.05) is 43.4 Å². The first-order chi connectivity index (χ1) is 11.6. The van der Waals surface area contributed by atoms with Gasteiger partial charge in [-0.2, -0.15) is 0 Å². The second kappa shape index (κ2) is 7.09. The summed E-state index contributed by atoms with van der Waals surface area (Å²) in [4.78, 5) is 28.5. The highest BCUT2D eigenvalue weighted by molar-refractivity contribution is 7.99. The molecule has 0 bridgehead atoms. The number of nitrogens with zero attached hydrogens (tertiary/aromatic N) is 1. The lowest BCUT2D eigenvalue weighted by Gasteiger charge is -2.17. The highest BCUT2D eigenvalue weighted by Gasteiger charge is 2.21. The smallest absolute Gasteiger partial charge is 0.256 e. The number of benzene rings is 2. The van der Waals surface area contributed by atoms with Gasteiger partial charge in [0.15, 0.2) is 0 Å². The topological polar surface area (TPSA) is 49.4 Å². The largest absolute Gasteiger partial charge is 0.342 e. The second-order valence-corrected chi connectivity index (χ2v) is 6.93. The summed E-state index contributed by atoms with van der Waals surface area (Å²) in [5.74, 6) is -0.159. The Morgan fingerprint density at radius 3 is 2.75 bits per heavy atom. The maximum absolute atomic E-state index is 12.5. The van der Waals surface area contributed by atoms with Gasteiger partial charge in [-0.05, 0) is 36.8 Å². The fourth-order valence-electron chi connectivity index (χ4n) is 2.62. The lowest BCUT2D eigenvalue weighted by atomic mass is 10.1. The molecule has 4 nitrogen and oxygen atoms in total. The van der Waals surface area contributed by atoms with Crippen LogP contribution in [0.1, 0.15) is 40.5 Å². The molecular formula is C19H20N2O2S. The molecule has 0 unspecified atom stereocenters. The van der Waals surface area contributed by atoms with Crippen molar-refractivity contribution in [1.29, 1.82) is 0 Å². The third-order valence-corrected chi connectivity index (χ3v) is 5.17. The van der Waals surface area contributed by atoms with Crippen LogP contribution in [0.4, 0.5) is 5.69 Å². The molecule has 2 aromatic rings.